The number of amides is 1. The maximum Gasteiger partial charge on any atom is 0.411 e. The van der Waals surface area contributed by atoms with E-state index >= 15 is 0 Å². The number of rotatable bonds is 5. The first kappa shape index (κ1) is 13.9. The van der Waals surface area contributed by atoms with Crippen LogP contribution in [0.25, 0.3) is 0 Å². The highest BCUT2D eigenvalue weighted by molar-refractivity contribution is 5.84. The van der Waals surface area contributed by atoms with E-state index in [1.807, 2.05) is 42.5 Å². The van der Waals surface area contributed by atoms with Gasteiger partial charge < -0.3 is 9.47 Å². The Morgan fingerprint density at radius 3 is 2.65 bits per heavy atom. The van der Waals surface area contributed by atoms with E-state index in [4.69, 9.17) is 9.47 Å². The topological polar surface area (TPSA) is 47.6 Å². The summed E-state index contributed by atoms with van der Waals surface area (Å²) in [6.07, 6.45) is -0.465. The first-order valence-electron chi connectivity index (χ1n) is 6.48. The highest BCUT2D eigenvalue weighted by Crippen LogP contribution is 2.18. The van der Waals surface area contributed by atoms with Crippen LogP contribution >= 0.6 is 0 Å². The molecule has 0 saturated carbocycles. The molecule has 0 spiro atoms. The Morgan fingerprint density at radius 2 is 1.90 bits per heavy atom. The minimum absolute atomic E-state index is 0.343. The lowest BCUT2D eigenvalue weighted by atomic mass is 10.2. The minimum atomic E-state index is -0.465. The number of benzene rings is 2. The molecule has 0 fully saturated rings. The van der Waals surface area contributed by atoms with Crippen LogP contribution in [-0.4, -0.2) is 12.7 Å². The van der Waals surface area contributed by atoms with E-state index in [0.29, 0.717) is 24.7 Å². The quantitative estimate of drug-likeness (QED) is 0.899. The van der Waals surface area contributed by atoms with Crippen LogP contribution in [0.3, 0.4) is 0 Å². The maximum atomic E-state index is 11.3. The smallest absolute Gasteiger partial charge is 0.411 e. The molecule has 4 nitrogen and oxygen atoms in total. The lowest BCUT2D eigenvalue weighted by molar-refractivity contribution is 0.168. The van der Waals surface area contributed by atoms with Crippen molar-refractivity contribution in [3.8, 4) is 5.75 Å². The zero-order valence-electron chi connectivity index (χ0n) is 11.3. The molecule has 0 radical (unpaired) electrons. The Bertz CT molecular complexity index is 555. The van der Waals surface area contributed by atoms with E-state index in [1.54, 1.807) is 19.1 Å². The van der Waals surface area contributed by atoms with Gasteiger partial charge in [-0.2, -0.15) is 0 Å². The minimum Gasteiger partial charge on any atom is -0.489 e. The van der Waals surface area contributed by atoms with Crippen molar-refractivity contribution >= 4 is 11.8 Å². The largest absolute Gasteiger partial charge is 0.489 e. The summed E-state index contributed by atoms with van der Waals surface area (Å²) in [4.78, 5) is 11.3. The van der Waals surface area contributed by atoms with Crippen LogP contribution < -0.4 is 10.1 Å². The summed E-state index contributed by atoms with van der Waals surface area (Å²) >= 11 is 0. The second-order valence-electron chi connectivity index (χ2n) is 4.15. The average Bonchev–Trinajstić information content (AvgIpc) is 2.47. The fourth-order valence-electron chi connectivity index (χ4n) is 1.69. The number of ether oxygens (including phenoxy) is 2. The Kier molecular flexibility index (Phi) is 5.00. The van der Waals surface area contributed by atoms with Crippen LogP contribution in [0.2, 0.25) is 0 Å². The van der Waals surface area contributed by atoms with E-state index < -0.39 is 6.09 Å². The maximum absolute atomic E-state index is 11.3. The summed E-state index contributed by atoms with van der Waals surface area (Å²) in [5.74, 6) is 0.697. The summed E-state index contributed by atoms with van der Waals surface area (Å²) in [6, 6.07) is 17.1. The van der Waals surface area contributed by atoms with Crippen molar-refractivity contribution < 1.29 is 14.3 Å². The molecule has 0 saturated heterocycles. The molecule has 2 rings (SSSR count). The van der Waals surface area contributed by atoms with Crippen molar-refractivity contribution in [1.82, 2.24) is 0 Å². The second kappa shape index (κ2) is 7.19. The molecule has 0 aliphatic carbocycles. The molecular formula is C16H17NO3. The van der Waals surface area contributed by atoms with E-state index in [0.717, 1.165) is 5.56 Å². The van der Waals surface area contributed by atoms with Gasteiger partial charge in [-0.05, 0) is 24.6 Å². The van der Waals surface area contributed by atoms with Gasteiger partial charge in [0.2, 0.25) is 0 Å². The van der Waals surface area contributed by atoms with Crippen LogP contribution in [0.15, 0.2) is 54.6 Å². The second-order valence-corrected chi connectivity index (χ2v) is 4.15. The highest BCUT2D eigenvalue weighted by atomic mass is 16.5. The summed E-state index contributed by atoms with van der Waals surface area (Å²) < 4.78 is 10.5. The van der Waals surface area contributed by atoms with Gasteiger partial charge in [0.1, 0.15) is 12.4 Å². The molecule has 0 unspecified atom stereocenters. The van der Waals surface area contributed by atoms with Crippen LogP contribution in [0.5, 0.6) is 5.75 Å². The Balaban J connectivity index is 1.94. The monoisotopic (exact) mass is 271 g/mol. The Hall–Kier alpha value is -2.49. The molecule has 0 aliphatic heterocycles. The van der Waals surface area contributed by atoms with Gasteiger partial charge in [-0.15, -0.1) is 0 Å². The normalized spacial score (nSPS) is 9.85. The van der Waals surface area contributed by atoms with Crippen LogP contribution in [0.4, 0.5) is 10.5 Å². The third-order valence-corrected chi connectivity index (χ3v) is 2.60. The van der Waals surface area contributed by atoms with Gasteiger partial charge in [-0.1, -0.05) is 36.4 Å². The fourth-order valence-corrected chi connectivity index (χ4v) is 1.69. The first-order valence-corrected chi connectivity index (χ1v) is 6.48. The SMILES string of the molecule is CCOC(=O)Nc1cccc(OCc2ccccc2)c1. The van der Waals surface area contributed by atoms with Crippen LogP contribution in [0.1, 0.15) is 12.5 Å². The highest BCUT2D eigenvalue weighted by Gasteiger charge is 2.03. The number of carbonyl (C=O) groups excluding carboxylic acids is 1. The van der Waals surface area contributed by atoms with E-state index in [2.05, 4.69) is 5.32 Å². The van der Waals surface area contributed by atoms with Gasteiger partial charge in [0.05, 0.1) is 6.61 Å². The first-order chi connectivity index (χ1) is 9.78. The molecule has 0 heterocycles. The zero-order chi connectivity index (χ0) is 14.2. The summed E-state index contributed by atoms with van der Waals surface area (Å²) in [7, 11) is 0. The molecule has 20 heavy (non-hydrogen) atoms. The molecule has 1 N–H and O–H groups in total. The summed E-state index contributed by atoms with van der Waals surface area (Å²) in [6.45, 7) is 2.60. The van der Waals surface area contributed by atoms with E-state index in [1.165, 1.54) is 0 Å². The predicted molar refractivity (Wildman–Crippen MR) is 77.9 cm³/mol. The summed E-state index contributed by atoms with van der Waals surface area (Å²) in [5.41, 5.74) is 1.74. The number of hydrogen-bond acceptors (Lipinski definition) is 3. The number of anilines is 1. The third-order valence-electron chi connectivity index (χ3n) is 2.60. The van der Waals surface area contributed by atoms with Gasteiger partial charge in [-0.3, -0.25) is 5.32 Å². The van der Waals surface area contributed by atoms with Gasteiger partial charge in [0.15, 0.2) is 0 Å². The predicted octanol–water partition coefficient (Wildman–Crippen LogP) is 3.83. The van der Waals surface area contributed by atoms with Crippen molar-refractivity contribution in [3.63, 3.8) is 0 Å². The van der Waals surface area contributed by atoms with E-state index in [-0.39, 0.29) is 0 Å². The molecule has 0 aliphatic rings. The van der Waals surface area contributed by atoms with Crippen LogP contribution in [0, 0.1) is 0 Å². The lowest BCUT2D eigenvalue weighted by Gasteiger charge is -2.09. The standard InChI is InChI=1S/C16H17NO3/c1-2-19-16(18)17-14-9-6-10-15(11-14)20-12-13-7-4-3-5-8-13/h3-11H,2,12H2,1H3,(H,17,18). The molecule has 2 aromatic rings. The van der Waals surface area contributed by atoms with Crippen molar-refractivity contribution in [3.05, 3.63) is 60.2 Å². The van der Waals surface area contributed by atoms with Crippen molar-refractivity contribution in [2.24, 2.45) is 0 Å². The molecule has 2 aromatic carbocycles. The molecule has 4 heteroatoms. The van der Waals surface area contributed by atoms with Gasteiger partial charge in [0.25, 0.3) is 0 Å². The number of nitrogens with one attached hydrogen (secondary N) is 1. The molecule has 1 amide bonds. The van der Waals surface area contributed by atoms with Gasteiger partial charge in [-0.25, -0.2) is 4.79 Å². The van der Waals surface area contributed by atoms with Gasteiger partial charge >= 0.3 is 6.09 Å². The summed E-state index contributed by atoms with van der Waals surface area (Å²) in [5, 5.41) is 2.64. The van der Waals surface area contributed by atoms with Crippen molar-refractivity contribution in [2.75, 3.05) is 11.9 Å². The average molecular weight is 271 g/mol. The lowest BCUT2D eigenvalue weighted by Crippen LogP contribution is -2.13. The van der Waals surface area contributed by atoms with Crippen molar-refractivity contribution in [2.45, 2.75) is 13.5 Å². The fraction of sp³-hybridized carbons (Fsp3) is 0.188. The molecule has 0 bridgehead atoms. The zero-order valence-corrected chi connectivity index (χ0v) is 11.3. The van der Waals surface area contributed by atoms with Crippen molar-refractivity contribution in [1.29, 1.82) is 0 Å². The molecule has 104 valence electrons. The molecule has 0 atom stereocenters. The third kappa shape index (κ3) is 4.31. The Labute approximate surface area is 118 Å². The van der Waals surface area contributed by atoms with E-state index in [9.17, 15) is 4.79 Å². The van der Waals surface area contributed by atoms with Gasteiger partial charge in [0, 0.05) is 11.8 Å². The molecule has 0 aromatic heterocycles. The molecular weight excluding hydrogens is 254 g/mol. The van der Waals surface area contributed by atoms with Crippen LogP contribution in [-0.2, 0) is 11.3 Å². The number of carbonyl (C=O) groups is 1. The Morgan fingerprint density at radius 1 is 1.10 bits per heavy atom. The number of hydrogen-bond donors (Lipinski definition) is 1.